The summed E-state index contributed by atoms with van der Waals surface area (Å²) in [6.45, 7) is 4.16. The maximum atomic E-state index is 12.3. The fourth-order valence-corrected chi connectivity index (χ4v) is 4.38. The molecule has 0 atom stereocenters. The van der Waals surface area contributed by atoms with Crippen molar-refractivity contribution in [2.75, 3.05) is 5.32 Å². The van der Waals surface area contributed by atoms with Gasteiger partial charge < -0.3 is 10.4 Å². The van der Waals surface area contributed by atoms with Crippen LogP contribution in [-0.2, 0) is 0 Å². The Morgan fingerprint density at radius 1 is 1.12 bits per heavy atom. The molecule has 136 valence electrons. The van der Waals surface area contributed by atoms with E-state index < -0.39 is 5.97 Å². The summed E-state index contributed by atoms with van der Waals surface area (Å²) < 4.78 is 1.50. The van der Waals surface area contributed by atoms with E-state index in [0.717, 1.165) is 9.13 Å². The van der Waals surface area contributed by atoms with Crippen LogP contribution in [0.2, 0.25) is 0 Å². The molecule has 0 aliphatic rings. The predicted molar refractivity (Wildman–Crippen MR) is 123 cm³/mol. The number of aromatic carboxylic acids is 1. The van der Waals surface area contributed by atoms with Crippen LogP contribution < -0.4 is 10.6 Å². The fourth-order valence-electron chi connectivity index (χ4n) is 2.21. The Hall–Kier alpha value is -1.27. The second-order valence-electron chi connectivity index (χ2n) is 5.80. The second kappa shape index (κ2) is 9.09. The average molecular weight is 594 g/mol. The topological polar surface area (TPSA) is 78.4 Å². The minimum absolute atomic E-state index is 0.0459. The molecule has 2 aromatic rings. The number of amides is 1. The Balaban J connectivity index is 2.14. The lowest BCUT2D eigenvalue weighted by atomic mass is 10.0. The lowest BCUT2D eigenvalue weighted by Gasteiger charge is -2.14. The summed E-state index contributed by atoms with van der Waals surface area (Å²) in [4.78, 5) is 23.8. The maximum absolute atomic E-state index is 12.3. The third kappa shape index (κ3) is 5.36. The molecule has 0 spiro atoms. The van der Waals surface area contributed by atoms with Crippen molar-refractivity contribution in [1.82, 2.24) is 5.32 Å². The summed E-state index contributed by atoms with van der Waals surface area (Å²) in [5.74, 6) is -1.04. The van der Waals surface area contributed by atoms with E-state index in [2.05, 4.69) is 47.1 Å². The van der Waals surface area contributed by atoms with Crippen LogP contribution in [0, 0.1) is 7.14 Å². The van der Waals surface area contributed by atoms with Gasteiger partial charge in [0.25, 0.3) is 5.91 Å². The largest absolute Gasteiger partial charge is 0.478 e. The number of carbonyl (C=O) groups is 2. The normalized spacial score (nSPS) is 10.5. The molecular weight excluding hydrogens is 578 g/mol. The highest BCUT2D eigenvalue weighted by molar-refractivity contribution is 14.1. The predicted octanol–water partition coefficient (Wildman–Crippen LogP) is 4.84. The molecule has 3 N–H and O–H groups in total. The molecule has 5 nitrogen and oxygen atoms in total. The molecule has 1 amide bonds. The van der Waals surface area contributed by atoms with Gasteiger partial charge >= 0.3 is 5.97 Å². The molecule has 0 unspecified atom stereocenters. The third-order valence-electron chi connectivity index (χ3n) is 3.59. The zero-order valence-corrected chi connectivity index (χ0v) is 19.1. The molecule has 0 saturated carbocycles. The first kappa shape index (κ1) is 21.0. The lowest BCUT2D eigenvalue weighted by Crippen LogP contribution is -2.34. The molecule has 0 radical (unpaired) electrons. The molecule has 0 fully saturated rings. The number of benzene rings is 2. The van der Waals surface area contributed by atoms with Crippen LogP contribution in [0.3, 0.4) is 0 Å². The highest BCUT2D eigenvalue weighted by Gasteiger charge is 2.17. The van der Waals surface area contributed by atoms with E-state index in [1.807, 2.05) is 40.8 Å². The molecule has 0 bridgehead atoms. The molecule has 26 heavy (non-hydrogen) atoms. The highest BCUT2D eigenvalue weighted by Crippen LogP contribution is 2.26. The van der Waals surface area contributed by atoms with Crippen molar-refractivity contribution in [3.8, 4) is 0 Å². The summed E-state index contributed by atoms with van der Waals surface area (Å²) >= 11 is 9.26. The van der Waals surface area contributed by atoms with Gasteiger partial charge in [-0.25, -0.2) is 4.79 Å². The fraction of sp³-hybridized carbons (Fsp3) is 0.167. The minimum atomic E-state index is -1.07. The number of thiocarbonyl (C=S) groups is 1. The van der Waals surface area contributed by atoms with Gasteiger partial charge in [-0.2, -0.15) is 0 Å². The summed E-state index contributed by atoms with van der Waals surface area (Å²) in [6.07, 6.45) is 0. The van der Waals surface area contributed by atoms with Crippen molar-refractivity contribution in [1.29, 1.82) is 0 Å². The van der Waals surface area contributed by atoms with Gasteiger partial charge in [0.05, 0.1) is 11.3 Å². The van der Waals surface area contributed by atoms with Crippen LogP contribution in [0.4, 0.5) is 5.69 Å². The highest BCUT2D eigenvalue weighted by atomic mass is 127. The average Bonchev–Trinajstić information content (AvgIpc) is 2.56. The molecule has 0 aliphatic heterocycles. The molecule has 8 heteroatoms. The number of anilines is 1. The molecule has 0 heterocycles. The van der Waals surface area contributed by atoms with E-state index in [-0.39, 0.29) is 16.6 Å². The third-order valence-corrected chi connectivity index (χ3v) is 5.27. The minimum Gasteiger partial charge on any atom is -0.478 e. The lowest BCUT2D eigenvalue weighted by molar-refractivity contribution is 0.0697. The van der Waals surface area contributed by atoms with Crippen molar-refractivity contribution in [2.45, 2.75) is 19.8 Å². The van der Waals surface area contributed by atoms with Gasteiger partial charge in [-0.05, 0) is 93.1 Å². The number of halogens is 2. The van der Waals surface area contributed by atoms with Gasteiger partial charge in [0.15, 0.2) is 5.11 Å². The molecular formula is C18H16I2N2O3S. The molecule has 0 aromatic heterocycles. The van der Waals surface area contributed by atoms with Gasteiger partial charge in [-0.3, -0.25) is 10.1 Å². The SMILES string of the molecule is CC(C)c1ccc(C(=O)NC(=S)Nc2c(I)cc(I)cc2C(=O)O)cc1. The van der Waals surface area contributed by atoms with Gasteiger partial charge in [-0.1, -0.05) is 26.0 Å². The quantitative estimate of drug-likeness (QED) is 0.349. The summed E-state index contributed by atoms with van der Waals surface area (Å²) in [7, 11) is 0. The van der Waals surface area contributed by atoms with Crippen LogP contribution in [0.5, 0.6) is 0 Å². The first-order valence-corrected chi connectivity index (χ1v) is 10.2. The van der Waals surface area contributed by atoms with Crippen LogP contribution >= 0.6 is 57.4 Å². The van der Waals surface area contributed by atoms with Crippen LogP contribution in [0.1, 0.15) is 46.0 Å². The summed E-state index contributed by atoms with van der Waals surface area (Å²) in [6, 6.07) is 10.7. The molecule has 0 saturated heterocycles. The second-order valence-corrected chi connectivity index (χ2v) is 8.62. The van der Waals surface area contributed by atoms with E-state index in [0.29, 0.717) is 20.7 Å². The summed E-state index contributed by atoms with van der Waals surface area (Å²) in [5, 5.41) is 14.8. The van der Waals surface area contributed by atoms with E-state index in [9.17, 15) is 14.7 Å². The van der Waals surface area contributed by atoms with Crippen molar-refractivity contribution < 1.29 is 14.7 Å². The first-order valence-electron chi connectivity index (χ1n) is 7.63. The molecule has 2 rings (SSSR count). The molecule has 2 aromatic carbocycles. The standard InChI is InChI=1S/C18H16I2N2O3S/c1-9(2)10-3-5-11(6-4-10)16(23)22-18(26)21-15-13(17(24)25)7-12(19)8-14(15)20/h3-9H,1-2H3,(H,24,25)(H2,21,22,23,26). The number of rotatable bonds is 4. The number of carboxylic acid groups (broad SMARTS) is 1. The van der Waals surface area contributed by atoms with Crippen LogP contribution in [0.15, 0.2) is 36.4 Å². The van der Waals surface area contributed by atoms with Gasteiger partial charge in [0.2, 0.25) is 0 Å². The monoisotopic (exact) mass is 594 g/mol. The van der Waals surface area contributed by atoms with Gasteiger partial charge in [0.1, 0.15) is 0 Å². The van der Waals surface area contributed by atoms with E-state index in [1.165, 1.54) is 0 Å². The Morgan fingerprint density at radius 3 is 2.27 bits per heavy atom. The van der Waals surface area contributed by atoms with Gasteiger partial charge in [0, 0.05) is 12.7 Å². The van der Waals surface area contributed by atoms with E-state index >= 15 is 0 Å². The zero-order valence-electron chi connectivity index (χ0n) is 14.0. The first-order chi connectivity index (χ1) is 12.2. The van der Waals surface area contributed by atoms with Gasteiger partial charge in [-0.15, -0.1) is 0 Å². The zero-order chi connectivity index (χ0) is 19.4. The number of hydrogen-bond acceptors (Lipinski definition) is 3. The van der Waals surface area contributed by atoms with Crippen LogP contribution in [0.25, 0.3) is 0 Å². The Kier molecular flexibility index (Phi) is 7.35. The number of hydrogen-bond donors (Lipinski definition) is 3. The number of carboxylic acids is 1. The Bertz CT molecular complexity index is 867. The van der Waals surface area contributed by atoms with Crippen molar-refractivity contribution >= 4 is 80.1 Å². The molecule has 0 aliphatic carbocycles. The Labute approximate surface area is 184 Å². The van der Waals surface area contributed by atoms with Crippen molar-refractivity contribution in [3.63, 3.8) is 0 Å². The van der Waals surface area contributed by atoms with Crippen molar-refractivity contribution in [3.05, 3.63) is 60.2 Å². The van der Waals surface area contributed by atoms with Crippen molar-refractivity contribution in [2.24, 2.45) is 0 Å². The maximum Gasteiger partial charge on any atom is 0.337 e. The van der Waals surface area contributed by atoms with E-state index in [4.69, 9.17) is 12.2 Å². The Morgan fingerprint density at radius 2 is 1.73 bits per heavy atom. The number of carbonyl (C=O) groups excluding carboxylic acids is 1. The van der Waals surface area contributed by atoms with E-state index in [1.54, 1.807) is 18.2 Å². The smallest absolute Gasteiger partial charge is 0.337 e. The van der Waals surface area contributed by atoms with Crippen LogP contribution in [-0.4, -0.2) is 22.1 Å². The summed E-state index contributed by atoms with van der Waals surface area (Å²) in [5.41, 5.74) is 2.08. The number of nitrogens with one attached hydrogen (secondary N) is 2.